The average Bonchev–Trinajstić information content (AvgIpc) is 2.75. The Morgan fingerprint density at radius 2 is 2.26 bits per heavy atom. The summed E-state index contributed by atoms with van der Waals surface area (Å²) in [5.74, 6) is 0.324. The fourth-order valence-corrected chi connectivity index (χ4v) is 2.81. The maximum atomic E-state index is 13.5. The summed E-state index contributed by atoms with van der Waals surface area (Å²) in [4.78, 5) is 24.7. The Labute approximate surface area is 115 Å². The summed E-state index contributed by atoms with van der Waals surface area (Å²) in [6.45, 7) is 1.75. The molecule has 1 heterocycles. The van der Waals surface area contributed by atoms with E-state index in [1.165, 1.54) is 22.7 Å². The van der Waals surface area contributed by atoms with Gasteiger partial charge in [-0.2, -0.15) is 0 Å². The van der Waals surface area contributed by atoms with Crippen LogP contribution in [0, 0.1) is 5.82 Å². The summed E-state index contributed by atoms with van der Waals surface area (Å²) in [6, 6.07) is 5.91. The minimum atomic E-state index is -0.418. The Bertz CT molecular complexity index is 495. The largest absolute Gasteiger partial charge is 0.348 e. The predicted octanol–water partition coefficient (Wildman–Crippen LogP) is 1.54. The number of nitrogens with one attached hydrogen (secondary N) is 1. The van der Waals surface area contributed by atoms with Gasteiger partial charge in [-0.15, -0.1) is 11.8 Å². The zero-order valence-corrected chi connectivity index (χ0v) is 11.4. The van der Waals surface area contributed by atoms with Crippen LogP contribution in [-0.2, 0) is 9.59 Å². The molecule has 1 N–H and O–H groups in total. The van der Waals surface area contributed by atoms with E-state index >= 15 is 0 Å². The van der Waals surface area contributed by atoms with E-state index in [1.54, 1.807) is 25.1 Å². The first-order chi connectivity index (χ1) is 9.08. The van der Waals surface area contributed by atoms with Gasteiger partial charge in [0.15, 0.2) is 0 Å². The number of hydrogen-bond donors (Lipinski definition) is 1. The molecule has 1 atom stereocenters. The number of carbonyl (C=O) groups is 2. The lowest BCUT2D eigenvalue weighted by Crippen LogP contribution is -2.39. The van der Waals surface area contributed by atoms with Crippen molar-refractivity contribution in [2.75, 3.05) is 18.2 Å². The van der Waals surface area contributed by atoms with Crippen LogP contribution in [-0.4, -0.2) is 34.9 Å². The van der Waals surface area contributed by atoms with E-state index in [-0.39, 0.29) is 24.2 Å². The highest BCUT2D eigenvalue weighted by molar-refractivity contribution is 8.00. The lowest BCUT2D eigenvalue weighted by molar-refractivity contribution is -0.132. The zero-order valence-electron chi connectivity index (χ0n) is 10.6. The van der Waals surface area contributed by atoms with E-state index in [4.69, 9.17) is 0 Å². The topological polar surface area (TPSA) is 49.4 Å². The standard InChI is InChI=1S/C13H15FN2O2S/c1-9(10-4-2-3-5-11(10)14)15-12(17)6-16-8-19-7-13(16)18/h2-5,9H,6-8H2,1H3,(H,15,17)/t9-/m0/s1. The maximum Gasteiger partial charge on any atom is 0.240 e. The molecule has 2 amide bonds. The summed E-state index contributed by atoms with van der Waals surface area (Å²) in [6.07, 6.45) is 0. The molecule has 0 bridgehead atoms. The van der Waals surface area contributed by atoms with Gasteiger partial charge in [0.1, 0.15) is 12.4 Å². The molecule has 4 nitrogen and oxygen atoms in total. The van der Waals surface area contributed by atoms with Crippen LogP contribution in [0.15, 0.2) is 24.3 Å². The molecule has 2 rings (SSSR count). The average molecular weight is 282 g/mol. The normalized spacial score (nSPS) is 16.5. The summed E-state index contributed by atoms with van der Waals surface area (Å²) in [5, 5.41) is 2.70. The summed E-state index contributed by atoms with van der Waals surface area (Å²) in [7, 11) is 0. The fraction of sp³-hybridized carbons (Fsp3) is 0.385. The van der Waals surface area contributed by atoms with E-state index in [0.29, 0.717) is 17.2 Å². The summed E-state index contributed by atoms with van der Waals surface area (Å²) in [5.41, 5.74) is 0.443. The minimum absolute atomic E-state index is 0.0290. The molecule has 6 heteroatoms. The molecule has 19 heavy (non-hydrogen) atoms. The second-order valence-corrected chi connectivity index (χ2v) is 5.34. The van der Waals surface area contributed by atoms with Crippen LogP contribution >= 0.6 is 11.8 Å². The number of hydrogen-bond acceptors (Lipinski definition) is 3. The van der Waals surface area contributed by atoms with Crippen molar-refractivity contribution in [1.29, 1.82) is 0 Å². The monoisotopic (exact) mass is 282 g/mol. The highest BCUT2D eigenvalue weighted by Crippen LogP contribution is 2.17. The predicted molar refractivity (Wildman–Crippen MR) is 72.0 cm³/mol. The molecule has 1 saturated heterocycles. The maximum absolute atomic E-state index is 13.5. The van der Waals surface area contributed by atoms with Gasteiger partial charge in [0.25, 0.3) is 0 Å². The van der Waals surface area contributed by atoms with Gasteiger partial charge < -0.3 is 10.2 Å². The lowest BCUT2D eigenvalue weighted by atomic mass is 10.1. The molecule has 0 saturated carbocycles. The van der Waals surface area contributed by atoms with Crippen LogP contribution in [0.25, 0.3) is 0 Å². The van der Waals surface area contributed by atoms with Crippen molar-refractivity contribution < 1.29 is 14.0 Å². The summed E-state index contributed by atoms with van der Waals surface area (Å²) < 4.78 is 13.5. The number of amides is 2. The van der Waals surface area contributed by atoms with Crippen LogP contribution in [0.2, 0.25) is 0 Å². The highest BCUT2D eigenvalue weighted by atomic mass is 32.2. The Kier molecular flexibility index (Phi) is 4.42. The Morgan fingerprint density at radius 3 is 2.89 bits per heavy atom. The lowest BCUT2D eigenvalue weighted by Gasteiger charge is -2.18. The van der Waals surface area contributed by atoms with Gasteiger partial charge in [0.2, 0.25) is 11.8 Å². The van der Waals surface area contributed by atoms with Crippen LogP contribution in [0.1, 0.15) is 18.5 Å². The molecule has 1 aromatic rings. The van der Waals surface area contributed by atoms with Gasteiger partial charge in [-0.1, -0.05) is 18.2 Å². The summed E-state index contributed by atoms with van der Waals surface area (Å²) >= 11 is 1.49. The minimum Gasteiger partial charge on any atom is -0.348 e. The van der Waals surface area contributed by atoms with E-state index in [1.807, 2.05) is 0 Å². The molecular weight excluding hydrogens is 267 g/mol. The third-order valence-electron chi connectivity index (χ3n) is 2.91. The van der Waals surface area contributed by atoms with E-state index < -0.39 is 6.04 Å². The van der Waals surface area contributed by atoms with Gasteiger partial charge in [0.05, 0.1) is 17.7 Å². The first-order valence-electron chi connectivity index (χ1n) is 5.97. The SMILES string of the molecule is C[C@H](NC(=O)CN1CSCC1=O)c1ccccc1F. The number of nitrogens with zero attached hydrogens (tertiary/aromatic N) is 1. The first-order valence-corrected chi connectivity index (χ1v) is 7.12. The van der Waals surface area contributed by atoms with Crippen molar-refractivity contribution in [2.45, 2.75) is 13.0 Å². The quantitative estimate of drug-likeness (QED) is 0.911. The van der Waals surface area contributed by atoms with Crippen molar-refractivity contribution in [2.24, 2.45) is 0 Å². The molecule has 0 radical (unpaired) electrons. The van der Waals surface area contributed by atoms with Gasteiger partial charge >= 0.3 is 0 Å². The molecule has 1 fully saturated rings. The number of benzene rings is 1. The van der Waals surface area contributed by atoms with Crippen molar-refractivity contribution in [3.63, 3.8) is 0 Å². The second-order valence-electron chi connectivity index (χ2n) is 4.38. The van der Waals surface area contributed by atoms with E-state index in [2.05, 4.69) is 5.32 Å². The van der Waals surface area contributed by atoms with Crippen molar-refractivity contribution >= 4 is 23.6 Å². The van der Waals surface area contributed by atoms with Gasteiger partial charge in [-0.25, -0.2) is 4.39 Å². The van der Waals surface area contributed by atoms with Crippen LogP contribution < -0.4 is 5.32 Å². The molecule has 0 aromatic heterocycles. The first kappa shape index (κ1) is 13.9. The number of halogens is 1. The molecule has 1 aromatic carbocycles. The number of rotatable bonds is 4. The highest BCUT2D eigenvalue weighted by Gasteiger charge is 2.23. The molecule has 0 aliphatic carbocycles. The smallest absolute Gasteiger partial charge is 0.240 e. The third-order valence-corrected chi connectivity index (χ3v) is 3.85. The van der Waals surface area contributed by atoms with Crippen LogP contribution in [0.4, 0.5) is 4.39 Å². The Balaban J connectivity index is 1.92. The van der Waals surface area contributed by atoms with Gasteiger partial charge in [-0.3, -0.25) is 9.59 Å². The Hall–Kier alpha value is -1.56. The zero-order chi connectivity index (χ0) is 13.8. The molecule has 1 aliphatic rings. The van der Waals surface area contributed by atoms with Crippen LogP contribution in [0.3, 0.4) is 0 Å². The molecule has 0 spiro atoms. The van der Waals surface area contributed by atoms with Crippen molar-refractivity contribution in [1.82, 2.24) is 10.2 Å². The molecule has 1 aliphatic heterocycles. The van der Waals surface area contributed by atoms with Crippen LogP contribution in [0.5, 0.6) is 0 Å². The third kappa shape index (κ3) is 3.47. The molecular formula is C13H15FN2O2S. The molecule has 102 valence electrons. The van der Waals surface area contributed by atoms with Gasteiger partial charge in [0, 0.05) is 5.56 Å². The number of carbonyl (C=O) groups excluding carboxylic acids is 2. The Morgan fingerprint density at radius 1 is 1.53 bits per heavy atom. The van der Waals surface area contributed by atoms with Gasteiger partial charge in [-0.05, 0) is 13.0 Å². The fourth-order valence-electron chi connectivity index (χ4n) is 1.90. The van der Waals surface area contributed by atoms with E-state index in [9.17, 15) is 14.0 Å². The van der Waals surface area contributed by atoms with Crippen molar-refractivity contribution in [3.05, 3.63) is 35.6 Å². The second kappa shape index (κ2) is 6.06. The van der Waals surface area contributed by atoms with Crippen molar-refractivity contribution in [3.8, 4) is 0 Å². The van der Waals surface area contributed by atoms with E-state index in [0.717, 1.165) is 0 Å². The number of thioether (sulfide) groups is 1. The molecule has 0 unspecified atom stereocenters.